The summed E-state index contributed by atoms with van der Waals surface area (Å²) in [6.45, 7) is 6.71. The van der Waals surface area contributed by atoms with Crippen molar-refractivity contribution >= 4 is 17.6 Å². The molecule has 3 fully saturated rings. The van der Waals surface area contributed by atoms with Gasteiger partial charge in [-0.1, -0.05) is 32.0 Å². The minimum absolute atomic E-state index is 0.0184. The maximum atomic E-state index is 17.2. The van der Waals surface area contributed by atoms with Crippen molar-refractivity contribution in [1.82, 2.24) is 9.80 Å². The van der Waals surface area contributed by atoms with E-state index in [1.54, 1.807) is 24.1 Å². The van der Waals surface area contributed by atoms with E-state index in [2.05, 4.69) is 13.8 Å². The molecular weight excluding hydrogens is 602 g/mol. The lowest BCUT2D eigenvalue weighted by Crippen LogP contribution is -2.52. The van der Waals surface area contributed by atoms with Crippen LogP contribution in [-0.2, 0) is 15.8 Å². The SMILES string of the molecule is COc1ccc([C@@H]2CN(CCC(C)C)C[C@@]2(F)C(=O)N2CCC(c3ccc(C(F)(F)F)cc3N3CCC(C(=O)O)CC3)CC2)cc1. The van der Waals surface area contributed by atoms with Gasteiger partial charge in [-0.25, -0.2) is 4.39 Å². The van der Waals surface area contributed by atoms with Gasteiger partial charge in [0.05, 0.1) is 18.6 Å². The van der Waals surface area contributed by atoms with Crippen LogP contribution in [0.3, 0.4) is 0 Å². The van der Waals surface area contributed by atoms with Crippen LogP contribution in [-0.4, -0.2) is 85.4 Å². The molecule has 11 heteroatoms. The van der Waals surface area contributed by atoms with E-state index in [-0.39, 0.29) is 12.5 Å². The van der Waals surface area contributed by atoms with E-state index in [1.165, 1.54) is 12.1 Å². The van der Waals surface area contributed by atoms with Crippen molar-refractivity contribution in [3.05, 3.63) is 59.2 Å². The molecule has 3 aliphatic heterocycles. The molecule has 0 bridgehead atoms. The van der Waals surface area contributed by atoms with Crippen molar-refractivity contribution in [2.24, 2.45) is 11.8 Å². The second kappa shape index (κ2) is 13.8. The van der Waals surface area contributed by atoms with Crippen LogP contribution >= 0.6 is 0 Å². The van der Waals surface area contributed by atoms with Gasteiger partial charge in [0.1, 0.15) is 5.75 Å². The highest BCUT2D eigenvalue weighted by molar-refractivity contribution is 5.87. The molecule has 2 aromatic carbocycles. The van der Waals surface area contributed by atoms with Gasteiger partial charge >= 0.3 is 12.1 Å². The number of alkyl halides is 4. The lowest BCUT2D eigenvalue weighted by molar-refractivity contribution is -0.145. The van der Waals surface area contributed by atoms with Crippen molar-refractivity contribution in [2.45, 2.75) is 69.6 Å². The third-order valence-corrected chi connectivity index (χ3v) is 10.1. The molecule has 0 saturated carbocycles. The normalized spacial score (nSPS) is 23.7. The molecule has 0 aliphatic carbocycles. The number of rotatable bonds is 9. The van der Waals surface area contributed by atoms with Crippen LogP contribution in [0.5, 0.6) is 5.75 Å². The number of hydrogen-bond donors (Lipinski definition) is 1. The standard InChI is InChI=1S/C35H45F4N3O4/c1-23(2)10-15-40-21-30(25-4-7-28(46-3)8-5-25)34(36,22-40)33(45)42-18-11-24(12-19-42)29-9-6-27(35(37,38)39)20-31(29)41-16-13-26(14-17-41)32(43)44/h4-9,20,23-24,26,30H,10-19,21-22H2,1-3H3,(H,43,44)/t30-,34-/m0/s1. The van der Waals surface area contributed by atoms with Crippen LogP contribution in [0, 0.1) is 11.8 Å². The number of carbonyl (C=O) groups excluding carboxylic acids is 1. The molecule has 2 atom stereocenters. The number of piperidine rings is 2. The zero-order chi connectivity index (χ0) is 33.2. The highest BCUT2D eigenvalue weighted by atomic mass is 19.4. The molecule has 2 aromatic rings. The van der Waals surface area contributed by atoms with Crippen molar-refractivity contribution in [1.29, 1.82) is 0 Å². The first-order valence-electron chi connectivity index (χ1n) is 16.3. The Labute approximate surface area is 268 Å². The largest absolute Gasteiger partial charge is 0.497 e. The Kier molecular flexibility index (Phi) is 10.2. The summed E-state index contributed by atoms with van der Waals surface area (Å²) in [5, 5.41) is 9.40. The number of carbonyl (C=O) groups is 2. The lowest BCUT2D eigenvalue weighted by atomic mass is 9.83. The molecule has 0 spiro atoms. The number of anilines is 1. The molecule has 0 aromatic heterocycles. The fraction of sp³-hybridized carbons (Fsp3) is 0.600. The molecule has 1 amide bonds. The Bertz CT molecular complexity index is 1370. The van der Waals surface area contributed by atoms with Crippen molar-refractivity contribution < 1.29 is 37.0 Å². The number of carboxylic acids is 1. The third-order valence-electron chi connectivity index (χ3n) is 10.1. The summed E-state index contributed by atoms with van der Waals surface area (Å²) in [6.07, 6.45) is -1.90. The van der Waals surface area contributed by atoms with Crippen LogP contribution < -0.4 is 9.64 Å². The number of halogens is 4. The second-order valence-corrected chi connectivity index (χ2v) is 13.5. The number of methoxy groups -OCH3 is 1. The van der Waals surface area contributed by atoms with Crippen LogP contribution in [0.4, 0.5) is 23.2 Å². The van der Waals surface area contributed by atoms with Crippen LogP contribution in [0.15, 0.2) is 42.5 Å². The van der Waals surface area contributed by atoms with Gasteiger partial charge in [-0.3, -0.25) is 14.5 Å². The van der Waals surface area contributed by atoms with Gasteiger partial charge in [-0.15, -0.1) is 0 Å². The summed E-state index contributed by atoms with van der Waals surface area (Å²) in [6, 6.07) is 11.0. The Hall–Kier alpha value is -3.34. The average molecular weight is 648 g/mol. The van der Waals surface area contributed by atoms with Crippen molar-refractivity contribution in [3.63, 3.8) is 0 Å². The Morgan fingerprint density at radius 3 is 2.22 bits per heavy atom. The zero-order valence-electron chi connectivity index (χ0n) is 26.9. The van der Waals surface area contributed by atoms with Crippen LogP contribution in [0.25, 0.3) is 0 Å². The maximum absolute atomic E-state index is 17.2. The molecule has 252 valence electrons. The number of nitrogens with zero attached hydrogens (tertiary/aromatic N) is 3. The number of carboxylic acid groups (broad SMARTS) is 1. The number of likely N-dealkylation sites (tertiary alicyclic amines) is 2. The summed E-state index contributed by atoms with van der Waals surface area (Å²) in [7, 11) is 1.57. The topological polar surface area (TPSA) is 73.3 Å². The van der Waals surface area contributed by atoms with Crippen molar-refractivity contribution in [2.75, 3.05) is 57.8 Å². The van der Waals surface area contributed by atoms with Gasteiger partial charge in [0.2, 0.25) is 5.67 Å². The molecule has 5 rings (SSSR count). The van der Waals surface area contributed by atoms with E-state index in [0.29, 0.717) is 82.3 Å². The van der Waals surface area contributed by atoms with Crippen molar-refractivity contribution in [3.8, 4) is 5.75 Å². The Morgan fingerprint density at radius 1 is 1.00 bits per heavy atom. The number of benzene rings is 2. The summed E-state index contributed by atoms with van der Waals surface area (Å²) >= 11 is 0. The summed E-state index contributed by atoms with van der Waals surface area (Å²) in [5.41, 5.74) is -0.861. The van der Waals surface area contributed by atoms with E-state index >= 15 is 4.39 Å². The number of aliphatic carboxylic acids is 1. The molecular formula is C35H45F4N3O4. The first kappa shape index (κ1) is 34.0. The number of hydrogen-bond acceptors (Lipinski definition) is 5. The minimum Gasteiger partial charge on any atom is -0.497 e. The zero-order valence-corrected chi connectivity index (χ0v) is 26.9. The summed E-state index contributed by atoms with van der Waals surface area (Å²) in [5.74, 6) is -1.56. The fourth-order valence-electron chi connectivity index (χ4n) is 7.30. The molecule has 1 N–H and O–H groups in total. The first-order valence-corrected chi connectivity index (χ1v) is 16.3. The second-order valence-electron chi connectivity index (χ2n) is 13.5. The first-order chi connectivity index (χ1) is 21.8. The fourth-order valence-corrected chi connectivity index (χ4v) is 7.30. The minimum atomic E-state index is -4.51. The third kappa shape index (κ3) is 7.29. The molecule has 0 unspecified atom stereocenters. The Balaban J connectivity index is 1.33. The van der Waals surface area contributed by atoms with Gasteiger partial charge in [0.25, 0.3) is 5.91 Å². The summed E-state index contributed by atoms with van der Waals surface area (Å²) < 4.78 is 63.6. The molecule has 3 saturated heterocycles. The molecule has 7 nitrogen and oxygen atoms in total. The quantitative estimate of drug-likeness (QED) is 0.311. The molecule has 3 heterocycles. The van der Waals surface area contributed by atoms with Gasteiger partial charge in [-0.05, 0) is 85.9 Å². The van der Waals surface area contributed by atoms with E-state index in [0.717, 1.165) is 23.6 Å². The predicted octanol–water partition coefficient (Wildman–Crippen LogP) is 6.57. The lowest BCUT2D eigenvalue weighted by Gasteiger charge is -2.39. The molecule has 0 radical (unpaired) electrons. The van der Waals surface area contributed by atoms with Gasteiger partial charge in [0.15, 0.2) is 0 Å². The van der Waals surface area contributed by atoms with Gasteiger partial charge < -0.3 is 19.6 Å². The highest BCUT2D eigenvalue weighted by Gasteiger charge is 2.55. The van der Waals surface area contributed by atoms with Crippen LogP contribution in [0.2, 0.25) is 0 Å². The number of ether oxygens (including phenoxy) is 1. The van der Waals surface area contributed by atoms with Gasteiger partial charge in [0, 0.05) is 50.9 Å². The number of amides is 1. The highest BCUT2D eigenvalue weighted by Crippen LogP contribution is 2.44. The van der Waals surface area contributed by atoms with Crippen LogP contribution in [0.1, 0.15) is 74.5 Å². The average Bonchev–Trinajstić information content (AvgIpc) is 3.40. The maximum Gasteiger partial charge on any atom is 0.416 e. The van der Waals surface area contributed by atoms with E-state index in [9.17, 15) is 27.9 Å². The van der Waals surface area contributed by atoms with E-state index in [1.807, 2.05) is 21.9 Å². The Morgan fingerprint density at radius 2 is 1.65 bits per heavy atom. The van der Waals surface area contributed by atoms with E-state index < -0.39 is 41.1 Å². The summed E-state index contributed by atoms with van der Waals surface area (Å²) in [4.78, 5) is 31.0. The monoisotopic (exact) mass is 647 g/mol. The predicted molar refractivity (Wildman–Crippen MR) is 168 cm³/mol. The van der Waals surface area contributed by atoms with Gasteiger partial charge in [-0.2, -0.15) is 13.2 Å². The van der Waals surface area contributed by atoms with E-state index in [4.69, 9.17) is 4.74 Å². The molecule has 46 heavy (non-hydrogen) atoms. The smallest absolute Gasteiger partial charge is 0.416 e. The molecule has 3 aliphatic rings.